The van der Waals surface area contributed by atoms with Gasteiger partial charge in [-0.1, -0.05) is 12.1 Å². The molecule has 0 bridgehead atoms. The Morgan fingerprint density at radius 2 is 1.52 bits per heavy atom. The molecule has 128 valence electrons. The largest absolute Gasteiger partial charge is 0.481 e. The number of aliphatic carboxylic acids is 1. The molecule has 1 atom stereocenters. The summed E-state index contributed by atoms with van der Waals surface area (Å²) in [5.74, 6) is -2.40. The van der Waals surface area contributed by atoms with Crippen molar-refractivity contribution < 1.29 is 32.6 Å². The van der Waals surface area contributed by atoms with E-state index in [1.807, 2.05) is 0 Å². The molecule has 0 spiro atoms. The van der Waals surface area contributed by atoms with Crippen molar-refractivity contribution in [3.63, 3.8) is 0 Å². The molecule has 0 heterocycles. The minimum absolute atomic E-state index is 0.0675. The Balaban J connectivity index is 3.25. The van der Waals surface area contributed by atoms with Crippen LogP contribution in [-0.4, -0.2) is 22.6 Å². The topological polar surface area (TPSA) is 89.6 Å². The highest BCUT2D eigenvalue weighted by Crippen LogP contribution is 2.32. The molecule has 1 rings (SSSR count). The van der Waals surface area contributed by atoms with Crippen molar-refractivity contribution >= 4 is 11.9 Å². The number of carbonyl (C=O) groups is 2. The van der Waals surface area contributed by atoms with E-state index in [1.165, 1.54) is 0 Å². The first-order valence-electron chi connectivity index (χ1n) is 6.67. The fourth-order valence-electron chi connectivity index (χ4n) is 1.86. The number of carboxylic acids is 1. The normalized spacial score (nSPS) is 14.9. The van der Waals surface area contributed by atoms with Gasteiger partial charge >= 0.3 is 18.1 Å². The van der Waals surface area contributed by atoms with Crippen LogP contribution in [0.1, 0.15) is 38.3 Å². The fraction of sp³-hybridized carbons (Fsp3) is 0.467. The predicted octanol–water partition coefficient (Wildman–Crippen LogP) is 2.68. The maximum absolute atomic E-state index is 12.6. The van der Waals surface area contributed by atoms with Gasteiger partial charge in [0.05, 0.1) is 12.0 Å². The third kappa shape index (κ3) is 4.95. The van der Waals surface area contributed by atoms with Gasteiger partial charge in [-0.05, 0) is 38.5 Å². The lowest BCUT2D eigenvalue weighted by Gasteiger charge is -2.30. The molecule has 0 fully saturated rings. The molecule has 8 heteroatoms. The Kier molecular flexibility index (Phi) is 5.10. The summed E-state index contributed by atoms with van der Waals surface area (Å²) in [6.45, 7) is 4.70. The van der Waals surface area contributed by atoms with E-state index in [1.54, 1.807) is 20.8 Å². The molecule has 0 aromatic heterocycles. The quantitative estimate of drug-likeness (QED) is 0.827. The summed E-state index contributed by atoms with van der Waals surface area (Å²) in [5.41, 5.74) is 1.89. The van der Waals surface area contributed by atoms with E-state index < -0.39 is 41.2 Å². The molecule has 1 unspecified atom stereocenters. The van der Waals surface area contributed by atoms with Gasteiger partial charge in [-0.3, -0.25) is 4.79 Å². The van der Waals surface area contributed by atoms with E-state index in [9.17, 15) is 22.8 Å². The number of halogens is 3. The monoisotopic (exact) mass is 333 g/mol. The van der Waals surface area contributed by atoms with Gasteiger partial charge in [-0.25, -0.2) is 4.79 Å². The van der Waals surface area contributed by atoms with Crippen LogP contribution in [0.5, 0.6) is 0 Å². The summed E-state index contributed by atoms with van der Waals surface area (Å²) in [4.78, 5) is 23.3. The molecule has 5 nitrogen and oxygen atoms in total. The standard InChI is InChI=1S/C15H18F3NO4/c1-13(2,3)23-12(22)14(19,8-11(20)21)9-4-6-10(7-5-9)15(16,17)18/h4-7H,8,19H2,1-3H3,(H,20,21). The van der Waals surface area contributed by atoms with E-state index in [4.69, 9.17) is 15.6 Å². The van der Waals surface area contributed by atoms with Gasteiger partial charge in [0.2, 0.25) is 0 Å². The summed E-state index contributed by atoms with van der Waals surface area (Å²) in [7, 11) is 0. The van der Waals surface area contributed by atoms with Crippen LogP contribution < -0.4 is 5.73 Å². The summed E-state index contributed by atoms with van der Waals surface area (Å²) in [5, 5.41) is 8.97. The van der Waals surface area contributed by atoms with Crippen molar-refractivity contribution in [2.45, 2.75) is 44.5 Å². The highest BCUT2D eigenvalue weighted by atomic mass is 19.4. The molecule has 0 amide bonds. The zero-order chi connectivity index (χ0) is 18.1. The van der Waals surface area contributed by atoms with E-state index in [2.05, 4.69) is 0 Å². The summed E-state index contributed by atoms with van der Waals surface area (Å²) >= 11 is 0. The molecular formula is C15H18F3NO4. The summed E-state index contributed by atoms with van der Waals surface area (Å²) < 4.78 is 42.9. The molecule has 0 saturated carbocycles. The van der Waals surface area contributed by atoms with Gasteiger partial charge < -0.3 is 15.6 Å². The molecule has 1 aromatic rings. The molecule has 3 N–H and O–H groups in total. The van der Waals surface area contributed by atoms with E-state index in [-0.39, 0.29) is 5.56 Å². The van der Waals surface area contributed by atoms with Gasteiger partial charge in [-0.2, -0.15) is 13.2 Å². The number of ether oxygens (including phenoxy) is 1. The van der Waals surface area contributed by atoms with Gasteiger partial charge in [0.25, 0.3) is 0 Å². The van der Waals surface area contributed by atoms with Crippen LogP contribution in [0.3, 0.4) is 0 Å². The minimum Gasteiger partial charge on any atom is -0.481 e. The number of nitrogens with two attached hydrogens (primary N) is 1. The number of esters is 1. The van der Waals surface area contributed by atoms with Crippen LogP contribution in [0.2, 0.25) is 0 Å². The number of benzene rings is 1. The van der Waals surface area contributed by atoms with Crippen LogP contribution in [0.15, 0.2) is 24.3 Å². The Hall–Kier alpha value is -2.09. The maximum atomic E-state index is 12.6. The lowest BCUT2D eigenvalue weighted by atomic mass is 9.87. The van der Waals surface area contributed by atoms with Gasteiger partial charge in [0.1, 0.15) is 5.60 Å². The van der Waals surface area contributed by atoms with Crippen molar-refractivity contribution in [2.75, 3.05) is 0 Å². The molecule has 23 heavy (non-hydrogen) atoms. The first-order valence-corrected chi connectivity index (χ1v) is 6.67. The first kappa shape index (κ1) is 19.0. The molecule has 0 saturated heterocycles. The van der Waals surface area contributed by atoms with Crippen molar-refractivity contribution in [2.24, 2.45) is 5.73 Å². The molecule has 0 radical (unpaired) electrons. The van der Waals surface area contributed by atoms with E-state index >= 15 is 0 Å². The minimum atomic E-state index is -4.55. The Morgan fingerprint density at radius 3 is 1.87 bits per heavy atom. The van der Waals surface area contributed by atoms with E-state index in [0.717, 1.165) is 24.3 Å². The van der Waals surface area contributed by atoms with Crippen molar-refractivity contribution in [3.8, 4) is 0 Å². The van der Waals surface area contributed by atoms with Crippen molar-refractivity contribution in [3.05, 3.63) is 35.4 Å². The lowest BCUT2D eigenvalue weighted by Crippen LogP contribution is -2.49. The van der Waals surface area contributed by atoms with Gasteiger partial charge in [-0.15, -0.1) is 0 Å². The van der Waals surface area contributed by atoms with Gasteiger partial charge in [0, 0.05) is 0 Å². The van der Waals surface area contributed by atoms with E-state index in [0.29, 0.717) is 0 Å². The fourth-order valence-corrected chi connectivity index (χ4v) is 1.86. The molecular weight excluding hydrogens is 315 g/mol. The average Bonchev–Trinajstić information content (AvgIpc) is 2.34. The second-order valence-electron chi connectivity index (χ2n) is 6.12. The highest BCUT2D eigenvalue weighted by molar-refractivity contribution is 5.87. The number of carboxylic acid groups (broad SMARTS) is 1. The van der Waals surface area contributed by atoms with Crippen molar-refractivity contribution in [1.29, 1.82) is 0 Å². The Labute approximate surface area is 131 Å². The first-order chi connectivity index (χ1) is 10.3. The number of carbonyl (C=O) groups excluding carboxylic acids is 1. The molecule has 0 aliphatic carbocycles. The average molecular weight is 333 g/mol. The zero-order valence-corrected chi connectivity index (χ0v) is 12.9. The number of rotatable bonds is 4. The van der Waals surface area contributed by atoms with Crippen LogP contribution in [0.25, 0.3) is 0 Å². The zero-order valence-electron chi connectivity index (χ0n) is 12.9. The van der Waals surface area contributed by atoms with Crippen LogP contribution in [0.4, 0.5) is 13.2 Å². The van der Waals surface area contributed by atoms with Crippen molar-refractivity contribution in [1.82, 2.24) is 0 Å². The van der Waals surface area contributed by atoms with Crippen LogP contribution in [0, 0.1) is 0 Å². The summed E-state index contributed by atoms with van der Waals surface area (Å²) in [6, 6.07) is 3.44. The Morgan fingerprint density at radius 1 is 1.09 bits per heavy atom. The van der Waals surface area contributed by atoms with Gasteiger partial charge in [0.15, 0.2) is 5.54 Å². The third-order valence-electron chi connectivity index (χ3n) is 2.92. The SMILES string of the molecule is CC(C)(C)OC(=O)C(N)(CC(=O)O)c1ccc(C(F)(F)F)cc1. The predicted molar refractivity (Wildman–Crippen MR) is 75.4 cm³/mol. The number of hydrogen-bond acceptors (Lipinski definition) is 4. The molecule has 0 aliphatic heterocycles. The molecule has 1 aromatic carbocycles. The highest BCUT2D eigenvalue weighted by Gasteiger charge is 2.42. The second kappa shape index (κ2) is 6.19. The van der Waals surface area contributed by atoms with Crippen LogP contribution >= 0.6 is 0 Å². The Bertz CT molecular complexity index is 590. The number of alkyl halides is 3. The third-order valence-corrected chi connectivity index (χ3v) is 2.92. The molecule has 0 aliphatic rings. The smallest absolute Gasteiger partial charge is 0.416 e. The maximum Gasteiger partial charge on any atom is 0.416 e. The van der Waals surface area contributed by atoms with Crippen LogP contribution in [-0.2, 0) is 26.0 Å². The lowest BCUT2D eigenvalue weighted by molar-refractivity contribution is -0.165. The summed E-state index contributed by atoms with van der Waals surface area (Å²) in [6.07, 6.45) is -5.36. The second-order valence-corrected chi connectivity index (χ2v) is 6.12. The number of hydrogen-bond donors (Lipinski definition) is 2.